The van der Waals surface area contributed by atoms with Gasteiger partial charge in [-0.25, -0.2) is 4.39 Å². The molecule has 0 N–H and O–H groups in total. The summed E-state index contributed by atoms with van der Waals surface area (Å²) >= 11 is 0. The number of methoxy groups -OCH3 is 1. The van der Waals surface area contributed by atoms with Crippen LogP contribution in [0, 0.1) is 5.82 Å². The van der Waals surface area contributed by atoms with Gasteiger partial charge in [-0.15, -0.1) is 0 Å². The Morgan fingerprint density at radius 3 is 2.30 bits per heavy atom. The molecule has 1 aromatic rings. The Kier molecular flexibility index (Phi) is 4.88. The molecule has 0 aliphatic carbocycles. The molecule has 10 heteroatoms. The van der Waals surface area contributed by atoms with Gasteiger partial charge in [0.05, 0.1) is 5.60 Å². The van der Waals surface area contributed by atoms with E-state index in [4.69, 9.17) is 9.47 Å². The molecule has 0 saturated carbocycles. The smallest absolute Gasteiger partial charge is 0.381 e. The first-order valence-corrected chi connectivity index (χ1v) is 7.95. The third kappa shape index (κ3) is 3.75. The van der Waals surface area contributed by atoms with Gasteiger partial charge in [-0.2, -0.15) is 21.6 Å². The molecule has 1 aliphatic heterocycles. The minimum atomic E-state index is -5.87. The quantitative estimate of drug-likeness (QED) is 0.471. The molecule has 0 aromatic heterocycles. The summed E-state index contributed by atoms with van der Waals surface area (Å²) in [5.74, 6) is -1.70. The molecule has 1 fully saturated rings. The van der Waals surface area contributed by atoms with Crippen LogP contribution in [0.3, 0.4) is 0 Å². The van der Waals surface area contributed by atoms with Gasteiger partial charge in [-0.05, 0) is 17.7 Å². The Hall–Kier alpha value is -1.39. The highest BCUT2D eigenvalue weighted by Gasteiger charge is 2.48. The summed E-state index contributed by atoms with van der Waals surface area (Å²) in [6, 6.07) is 2.67. The van der Waals surface area contributed by atoms with E-state index in [-0.39, 0.29) is 5.56 Å². The first-order chi connectivity index (χ1) is 10.6. The molecule has 0 amide bonds. The average molecular weight is 358 g/mol. The fraction of sp³-hybridized carbons (Fsp3) is 0.538. The Labute approximate surface area is 130 Å². The van der Waals surface area contributed by atoms with Gasteiger partial charge in [0, 0.05) is 39.2 Å². The van der Waals surface area contributed by atoms with Gasteiger partial charge in [0.15, 0.2) is 0 Å². The van der Waals surface area contributed by atoms with Crippen LogP contribution in [0.5, 0.6) is 5.75 Å². The molecular formula is C13H14F4O5S. The lowest BCUT2D eigenvalue weighted by Gasteiger charge is -2.36. The summed E-state index contributed by atoms with van der Waals surface area (Å²) in [7, 11) is -4.50. The van der Waals surface area contributed by atoms with E-state index in [1.807, 2.05) is 0 Å². The second kappa shape index (κ2) is 6.25. The van der Waals surface area contributed by atoms with Gasteiger partial charge < -0.3 is 13.7 Å². The van der Waals surface area contributed by atoms with Crippen LogP contribution in [0.2, 0.25) is 0 Å². The van der Waals surface area contributed by atoms with E-state index in [2.05, 4.69) is 4.18 Å². The predicted molar refractivity (Wildman–Crippen MR) is 70.7 cm³/mol. The van der Waals surface area contributed by atoms with Gasteiger partial charge >= 0.3 is 15.6 Å². The van der Waals surface area contributed by atoms with Crippen LogP contribution in [0.15, 0.2) is 18.2 Å². The Morgan fingerprint density at radius 1 is 1.17 bits per heavy atom. The van der Waals surface area contributed by atoms with Gasteiger partial charge in [0.25, 0.3) is 0 Å². The summed E-state index contributed by atoms with van der Waals surface area (Å²) in [6.45, 7) is 0.642. The van der Waals surface area contributed by atoms with Crippen LogP contribution in [0.4, 0.5) is 17.6 Å². The van der Waals surface area contributed by atoms with E-state index >= 15 is 0 Å². The van der Waals surface area contributed by atoms with Crippen molar-refractivity contribution in [3.63, 3.8) is 0 Å². The Morgan fingerprint density at radius 2 is 1.78 bits per heavy atom. The number of halogens is 4. The van der Waals surface area contributed by atoms with Crippen LogP contribution in [-0.2, 0) is 25.2 Å². The zero-order valence-electron chi connectivity index (χ0n) is 12.0. The highest BCUT2D eigenvalue weighted by molar-refractivity contribution is 7.88. The molecule has 5 nitrogen and oxygen atoms in total. The van der Waals surface area contributed by atoms with E-state index < -0.39 is 32.8 Å². The third-order valence-corrected chi connectivity index (χ3v) is 4.56. The molecule has 0 unspecified atom stereocenters. The molecule has 1 saturated heterocycles. The summed E-state index contributed by atoms with van der Waals surface area (Å²) in [4.78, 5) is 0. The van der Waals surface area contributed by atoms with E-state index in [0.29, 0.717) is 32.1 Å². The van der Waals surface area contributed by atoms with Crippen molar-refractivity contribution in [2.45, 2.75) is 24.0 Å². The summed E-state index contributed by atoms with van der Waals surface area (Å²) in [5, 5.41) is 0. The molecule has 0 radical (unpaired) electrons. The minimum Gasteiger partial charge on any atom is -0.381 e. The van der Waals surface area contributed by atoms with Gasteiger partial charge in [-0.1, -0.05) is 0 Å². The predicted octanol–water partition coefficient (Wildman–Crippen LogP) is 2.71. The molecular weight excluding hydrogens is 344 g/mol. The van der Waals surface area contributed by atoms with Crippen molar-refractivity contribution in [1.82, 2.24) is 0 Å². The fourth-order valence-electron chi connectivity index (χ4n) is 2.36. The van der Waals surface area contributed by atoms with E-state index in [0.717, 1.165) is 12.1 Å². The lowest BCUT2D eigenvalue weighted by molar-refractivity contribution is -0.0949. The third-order valence-electron chi connectivity index (χ3n) is 3.58. The second-order valence-electron chi connectivity index (χ2n) is 4.97. The van der Waals surface area contributed by atoms with Gasteiger partial charge in [-0.3, -0.25) is 0 Å². The lowest BCUT2D eigenvalue weighted by atomic mass is 9.86. The number of alkyl halides is 3. The first-order valence-electron chi connectivity index (χ1n) is 6.54. The normalized spacial score (nSPS) is 18.7. The summed E-state index contributed by atoms with van der Waals surface area (Å²) in [5.41, 5.74) is -6.38. The number of benzene rings is 1. The maximum absolute atomic E-state index is 13.7. The van der Waals surface area contributed by atoms with Crippen LogP contribution >= 0.6 is 0 Å². The minimum absolute atomic E-state index is 0.190. The Bertz CT molecular complexity index is 665. The Balaban J connectivity index is 2.40. The van der Waals surface area contributed by atoms with E-state index in [1.165, 1.54) is 7.11 Å². The van der Waals surface area contributed by atoms with Crippen LogP contribution in [0.1, 0.15) is 18.4 Å². The van der Waals surface area contributed by atoms with E-state index in [9.17, 15) is 26.0 Å². The van der Waals surface area contributed by atoms with E-state index in [1.54, 1.807) is 0 Å². The second-order valence-corrected chi connectivity index (χ2v) is 6.51. The van der Waals surface area contributed by atoms with Crippen molar-refractivity contribution < 1.29 is 39.6 Å². The largest absolute Gasteiger partial charge is 0.534 e. The zero-order valence-corrected chi connectivity index (χ0v) is 12.8. The average Bonchev–Trinajstić information content (AvgIpc) is 2.45. The molecule has 1 aliphatic rings. The fourth-order valence-corrected chi connectivity index (χ4v) is 2.80. The van der Waals surface area contributed by atoms with Crippen LogP contribution < -0.4 is 4.18 Å². The van der Waals surface area contributed by atoms with Crippen molar-refractivity contribution in [1.29, 1.82) is 0 Å². The SMILES string of the molecule is COC1(c2cc(F)cc(OS(=O)(=O)C(F)(F)F)c2)CCOCC1. The van der Waals surface area contributed by atoms with Gasteiger partial charge in [0.1, 0.15) is 11.6 Å². The molecule has 1 heterocycles. The lowest BCUT2D eigenvalue weighted by Crippen LogP contribution is -2.35. The van der Waals surface area contributed by atoms with Crippen molar-refractivity contribution in [2.24, 2.45) is 0 Å². The topological polar surface area (TPSA) is 61.8 Å². The molecule has 2 rings (SSSR count). The van der Waals surface area contributed by atoms with Crippen LogP contribution in [0.25, 0.3) is 0 Å². The zero-order chi connectivity index (χ0) is 17.3. The van der Waals surface area contributed by atoms with Crippen molar-refractivity contribution in [3.8, 4) is 5.75 Å². The molecule has 23 heavy (non-hydrogen) atoms. The van der Waals surface area contributed by atoms with Crippen molar-refractivity contribution >= 4 is 10.1 Å². The molecule has 1 aromatic carbocycles. The number of hydrogen-bond donors (Lipinski definition) is 0. The first kappa shape index (κ1) is 18.0. The van der Waals surface area contributed by atoms with Crippen molar-refractivity contribution in [2.75, 3.05) is 20.3 Å². The highest BCUT2D eigenvalue weighted by Crippen LogP contribution is 2.38. The number of ether oxygens (including phenoxy) is 2. The molecule has 0 bridgehead atoms. The van der Waals surface area contributed by atoms with Crippen LogP contribution in [-0.4, -0.2) is 34.2 Å². The highest BCUT2D eigenvalue weighted by atomic mass is 32.2. The molecule has 130 valence electrons. The number of rotatable bonds is 4. The monoisotopic (exact) mass is 358 g/mol. The summed E-state index contributed by atoms with van der Waals surface area (Å²) < 4.78 is 87.5. The van der Waals surface area contributed by atoms with Crippen molar-refractivity contribution in [3.05, 3.63) is 29.6 Å². The standard InChI is InChI=1S/C13H14F4O5S/c1-20-12(2-4-21-5-3-12)9-6-10(14)8-11(7-9)22-23(18,19)13(15,16)17/h6-8H,2-5H2,1H3. The maximum Gasteiger partial charge on any atom is 0.534 e. The maximum atomic E-state index is 13.7. The molecule has 0 spiro atoms. The number of hydrogen-bond acceptors (Lipinski definition) is 5. The molecule has 0 atom stereocenters. The van der Waals surface area contributed by atoms with Gasteiger partial charge in [0.2, 0.25) is 0 Å². The summed E-state index contributed by atoms with van der Waals surface area (Å²) in [6.07, 6.45) is 0.691.